The standard InChI is InChI=1S/C18H30O.C15H24O/c1-16(2,3)12-10-13(17(4,5)6)15(19)14(11-12)18(7,8)9;1-10-8-11(14(2,3)4)13(16)12(9-10)15(5,6)7/h10-11,19H,1-9H3;8-9,16H,1-7H3. The summed E-state index contributed by atoms with van der Waals surface area (Å²) in [4.78, 5) is 0. The van der Waals surface area contributed by atoms with Gasteiger partial charge in [0, 0.05) is 0 Å². The van der Waals surface area contributed by atoms with Crippen LogP contribution >= 0.6 is 0 Å². The van der Waals surface area contributed by atoms with E-state index in [-0.39, 0.29) is 27.1 Å². The topological polar surface area (TPSA) is 40.5 Å². The van der Waals surface area contributed by atoms with Crippen LogP contribution < -0.4 is 0 Å². The number of aromatic hydroxyl groups is 2. The van der Waals surface area contributed by atoms with Crippen molar-refractivity contribution in [3.05, 3.63) is 57.6 Å². The second-order valence-electron chi connectivity index (χ2n) is 15.4. The van der Waals surface area contributed by atoms with Crippen molar-refractivity contribution >= 4 is 0 Å². The third kappa shape index (κ3) is 8.02. The van der Waals surface area contributed by atoms with E-state index in [1.807, 2.05) is 0 Å². The quantitative estimate of drug-likeness (QED) is 0.392. The lowest BCUT2D eigenvalue weighted by molar-refractivity contribution is 0.420. The molecule has 2 aromatic carbocycles. The largest absolute Gasteiger partial charge is 0.507 e. The van der Waals surface area contributed by atoms with Gasteiger partial charge in [-0.25, -0.2) is 0 Å². The Morgan fingerprint density at radius 1 is 0.400 bits per heavy atom. The van der Waals surface area contributed by atoms with Crippen molar-refractivity contribution < 1.29 is 10.2 Å². The van der Waals surface area contributed by atoms with E-state index in [0.29, 0.717) is 11.5 Å². The molecule has 0 aliphatic carbocycles. The van der Waals surface area contributed by atoms with Gasteiger partial charge in [0.2, 0.25) is 0 Å². The fourth-order valence-electron chi connectivity index (χ4n) is 4.13. The third-order valence-electron chi connectivity index (χ3n) is 6.46. The summed E-state index contributed by atoms with van der Waals surface area (Å²) >= 11 is 0. The Hall–Kier alpha value is -1.96. The van der Waals surface area contributed by atoms with E-state index in [9.17, 15) is 10.2 Å². The smallest absolute Gasteiger partial charge is 0.123 e. The van der Waals surface area contributed by atoms with E-state index in [0.717, 1.165) is 22.3 Å². The van der Waals surface area contributed by atoms with Crippen LogP contribution in [0.4, 0.5) is 0 Å². The second-order valence-corrected chi connectivity index (χ2v) is 15.4. The fraction of sp³-hybridized carbons (Fsp3) is 0.636. The molecule has 0 fully saturated rings. The van der Waals surface area contributed by atoms with Gasteiger partial charge in [-0.3, -0.25) is 0 Å². The highest BCUT2D eigenvalue weighted by Crippen LogP contribution is 2.42. The van der Waals surface area contributed by atoms with Gasteiger partial charge in [-0.15, -0.1) is 0 Å². The highest BCUT2D eigenvalue weighted by Gasteiger charge is 2.29. The lowest BCUT2D eigenvalue weighted by atomic mass is 9.75. The predicted octanol–water partition coefficient (Wildman–Crippen LogP) is 9.58. The molecular weight excluding hydrogens is 428 g/mol. The molecule has 0 bridgehead atoms. The fourth-order valence-corrected chi connectivity index (χ4v) is 4.13. The first-order valence-corrected chi connectivity index (χ1v) is 13.0. The minimum atomic E-state index is -0.0503. The van der Waals surface area contributed by atoms with Gasteiger partial charge in [0.25, 0.3) is 0 Å². The minimum Gasteiger partial charge on any atom is -0.507 e. The molecule has 0 spiro atoms. The van der Waals surface area contributed by atoms with Crippen molar-refractivity contribution in [1.29, 1.82) is 0 Å². The molecule has 0 aliphatic rings. The normalized spacial score (nSPS) is 13.4. The molecule has 0 saturated heterocycles. The van der Waals surface area contributed by atoms with E-state index >= 15 is 0 Å². The molecule has 0 saturated carbocycles. The monoisotopic (exact) mass is 482 g/mol. The predicted molar refractivity (Wildman–Crippen MR) is 154 cm³/mol. The molecule has 0 aliphatic heterocycles. The van der Waals surface area contributed by atoms with Crippen LogP contribution in [-0.2, 0) is 27.1 Å². The number of hydrogen-bond acceptors (Lipinski definition) is 2. The van der Waals surface area contributed by atoms with Crippen molar-refractivity contribution in [1.82, 2.24) is 0 Å². The van der Waals surface area contributed by atoms with Gasteiger partial charge in [0.15, 0.2) is 0 Å². The lowest BCUT2D eigenvalue weighted by Crippen LogP contribution is -2.21. The molecule has 0 heterocycles. The maximum Gasteiger partial charge on any atom is 0.123 e. The van der Waals surface area contributed by atoms with E-state index in [1.54, 1.807) is 0 Å². The Balaban J connectivity index is 0.000000355. The number of phenolic OH excluding ortho intramolecular Hbond substituents is 2. The molecule has 2 rings (SSSR count). The van der Waals surface area contributed by atoms with Crippen LogP contribution in [0.3, 0.4) is 0 Å². The van der Waals surface area contributed by atoms with Gasteiger partial charge in [-0.2, -0.15) is 0 Å². The van der Waals surface area contributed by atoms with E-state index in [4.69, 9.17) is 0 Å². The summed E-state index contributed by atoms with van der Waals surface area (Å²) in [5.74, 6) is 0.929. The van der Waals surface area contributed by atoms with Crippen LogP contribution in [0.25, 0.3) is 0 Å². The number of phenols is 2. The zero-order valence-electron chi connectivity index (χ0n) is 25.7. The van der Waals surface area contributed by atoms with Gasteiger partial charge in [-0.1, -0.05) is 134 Å². The van der Waals surface area contributed by atoms with Crippen molar-refractivity contribution in [3.8, 4) is 11.5 Å². The molecule has 2 N–H and O–H groups in total. The molecule has 2 nitrogen and oxygen atoms in total. The highest BCUT2D eigenvalue weighted by molar-refractivity contribution is 5.51. The van der Waals surface area contributed by atoms with Crippen LogP contribution in [0.2, 0.25) is 0 Å². The second kappa shape index (κ2) is 9.83. The van der Waals surface area contributed by atoms with Crippen LogP contribution in [0.5, 0.6) is 11.5 Å². The van der Waals surface area contributed by atoms with Gasteiger partial charge < -0.3 is 10.2 Å². The zero-order chi connectivity index (χ0) is 27.9. The van der Waals surface area contributed by atoms with Gasteiger partial charge in [0.05, 0.1) is 0 Å². The molecule has 0 aromatic heterocycles. The average Bonchev–Trinajstić information content (AvgIpc) is 2.59. The van der Waals surface area contributed by atoms with Crippen molar-refractivity contribution in [3.63, 3.8) is 0 Å². The number of rotatable bonds is 0. The summed E-state index contributed by atoms with van der Waals surface area (Å²) in [6.07, 6.45) is 0. The van der Waals surface area contributed by atoms with E-state index in [2.05, 4.69) is 135 Å². The van der Waals surface area contributed by atoms with Crippen molar-refractivity contribution in [2.75, 3.05) is 0 Å². The minimum absolute atomic E-state index is 0.0178. The molecule has 0 amide bonds. The summed E-state index contributed by atoms with van der Waals surface area (Å²) in [6, 6.07) is 8.52. The molecule has 2 aromatic rings. The molecule has 198 valence electrons. The number of aryl methyl sites for hydroxylation is 1. The van der Waals surface area contributed by atoms with Crippen molar-refractivity contribution in [2.24, 2.45) is 0 Å². The average molecular weight is 483 g/mol. The molecule has 2 heteroatoms. The first kappa shape index (κ1) is 31.1. The Kier molecular flexibility index (Phi) is 8.73. The molecule has 0 atom stereocenters. The highest BCUT2D eigenvalue weighted by atomic mass is 16.3. The van der Waals surface area contributed by atoms with Gasteiger partial charge in [0.1, 0.15) is 11.5 Å². The van der Waals surface area contributed by atoms with Crippen LogP contribution in [0.15, 0.2) is 24.3 Å². The molecule has 0 radical (unpaired) electrons. The van der Waals surface area contributed by atoms with E-state index < -0.39 is 0 Å². The van der Waals surface area contributed by atoms with Gasteiger partial charge in [-0.05, 0) is 61.8 Å². The number of benzene rings is 2. The van der Waals surface area contributed by atoms with Gasteiger partial charge >= 0.3 is 0 Å². The molecule has 0 unspecified atom stereocenters. The Morgan fingerprint density at radius 3 is 0.829 bits per heavy atom. The van der Waals surface area contributed by atoms with Crippen LogP contribution in [0.1, 0.15) is 137 Å². The maximum absolute atomic E-state index is 10.7. The Morgan fingerprint density at radius 2 is 0.629 bits per heavy atom. The summed E-state index contributed by atoms with van der Waals surface area (Å²) < 4.78 is 0. The summed E-state index contributed by atoms with van der Waals surface area (Å²) in [5.41, 5.74) is 6.63. The Bertz CT molecular complexity index is 951. The third-order valence-corrected chi connectivity index (χ3v) is 6.46. The van der Waals surface area contributed by atoms with Crippen LogP contribution in [-0.4, -0.2) is 10.2 Å². The molecular formula is C33H54O2. The number of hydrogen-bond donors (Lipinski definition) is 2. The maximum atomic E-state index is 10.7. The first-order chi connectivity index (χ1) is 15.3. The zero-order valence-corrected chi connectivity index (χ0v) is 25.7. The summed E-state index contributed by atoms with van der Waals surface area (Å²) in [7, 11) is 0. The summed E-state index contributed by atoms with van der Waals surface area (Å²) in [5, 5.41) is 21.0. The Labute approximate surface area is 217 Å². The summed E-state index contributed by atoms with van der Waals surface area (Å²) in [6.45, 7) is 34.5. The SMILES string of the molecule is CC(C)(C)c1cc(C(C)(C)C)c(O)c(C(C)(C)C)c1.Cc1cc(C(C)(C)C)c(O)c(C(C)(C)C)c1. The van der Waals surface area contributed by atoms with E-state index in [1.165, 1.54) is 11.1 Å². The lowest BCUT2D eigenvalue weighted by Gasteiger charge is -2.31. The van der Waals surface area contributed by atoms with Crippen molar-refractivity contribution in [2.45, 2.75) is 138 Å². The molecule has 35 heavy (non-hydrogen) atoms. The first-order valence-electron chi connectivity index (χ1n) is 13.0. The van der Waals surface area contributed by atoms with Crippen LogP contribution in [0, 0.1) is 6.92 Å².